The van der Waals surface area contributed by atoms with Crippen LogP contribution in [0.2, 0.25) is 0 Å². The Morgan fingerprint density at radius 2 is 1.81 bits per heavy atom. The molecule has 0 unspecified atom stereocenters. The predicted octanol–water partition coefficient (Wildman–Crippen LogP) is 2.69. The van der Waals surface area contributed by atoms with Gasteiger partial charge >= 0.3 is 5.69 Å². The van der Waals surface area contributed by atoms with Crippen LogP contribution in [0, 0.1) is 10.1 Å². The standard InChI is InChI=1S/C15H18N4O2/c1-17(2)11-12-18(13-7-4-3-5-8-13)15-14(19(20)21)9-6-10-16-15/h3-10H,11-12H2,1-2H3. The highest BCUT2D eigenvalue weighted by atomic mass is 16.6. The molecule has 1 aromatic carbocycles. The Morgan fingerprint density at radius 3 is 2.43 bits per heavy atom. The number of rotatable bonds is 6. The van der Waals surface area contributed by atoms with Crippen LogP contribution in [-0.4, -0.2) is 42.0 Å². The number of hydrogen-bond donors (Lipinski definition) is 0. The van der Waals surface area contributed by atoms with E-state index in [1.54, 1.807) is 12.3 Å². The van der Waals surface area contributed by atoms with Crippen LogP contribution in [0.15, 0.2) is 48.7 Å². The van der Waals surface area contributed by atoms with Gasteiger partial charge in [-0.25, -0.2) is 4.98 Å². The van der Waals surface area contributed by atoms with E-state index in [1.807, 2.05) is 54.2 Å². The van der Waals surface area contributed by atoms with Crippen molar-refractivity contribution in [3.8, 4) is 0 Å². The van der Waals surface area contributed by atoms with Crippen molar-refractivity contribution < 1.29 is 4.92 Å². The number of anilines is 2. The SMILES string of the molecule is CN(C)CCN(c1ccccc1)c1ncccc1[N+](=O)[O-]. The molecule has 0 fully saturated rings. The van der Waals surface area contributed by atoms with E-state index in [0.29, 0.717) is 12.4 Å². The largest absolute Gasteiger partial charge is 0.319 e. The summed E-state index contributed by atoms with van der Waals surface area (Å²) in [4.78, 5) is 19.0. The maximum atomic E-state index is 11.2. The maximum Gasteiger partial charge on any atom is 0.311 e. The second-order valence-electron chi connectivity index (χ2n) is 4.89. The molecule has 0 N–H and O–H groups in total. The van der Waals surface area contributed by atoms with Gasteiger partial charge in [-0.05, 0) is 32.3 Å². The first-order valence-corrected chi connectivity index (χ1v) is 6.66. The molecule has 21 heavy (non-hydrogen) atoms. The first-order valence-electron chi connectivity index (χ1n) is 6.66. The average molecular weight is 286 g/mol. The van der Waals surface area contributed by atoms with Gasteiger partial charge in [-0.2, -0.15) is 0 Å². The number of hydrogen-bond acceptors (Lipinski definition) is 5. The third kappa shape index (κ3) is 3.76. The summed E-state index contributed by atoms with van der Waals surface area (Å²) in [6.45, 7) is 1.39. The van der Waals surface area contributed by atoms with Gasteiger partial charge in [-0.15, -0.1) is 0 Å². The van der Waals surface area contributed by atoms with Crippen LogP contribution >= 0.6 is 0 Å². The van der Waals surface area contributed by atoms with E-state index >= 15 is 0 Å². The fraction of sp³-hybridized carbons (Fsp3) is 0.267. The van der Waals surface area contributed by atoms with Gasteiger partial charge in [0.1, 0.15) is 0 Å². The van der Waals surface area contributed by atoms with Crippen molar-refractivity contribution in [2.45, 2.75) is 0 Å². The topological polar surface area (TPSA) is 62.5 Å². The Morgan fingerprint density at radius 1 is 1.10 bits per heavy atom. The summed E-state index contributed by atoms with van der Waals surface area (Å²) in [6, 6.07) is 12.6. The van der Waals surface area contributed by atoms with E-state index in [0.717, 1.165) is 12.2 Å². The first-order chi connectivity index (χ1) is 10.1. The molecule has 0 saturated carbocycles. The van der Waals surface area contributed by atoms with Crippen LogP contribution in [-0.2, 0) is 0 Å². The molecule has 1 heterocycles. The Labute approximate surface area is 123 Å². The quantitative estimate of drug-likeness (QED) is 0.603. The van der Waals surface area contributed by atoms with E-state index in [9.17, 15) is 10.1 Å². The van der Waals surface area contributed by atoms with Gasteiger partial charge in [0.2, 0.25) is 5.82 Å². The number of nitrogens with zero attached hydrogens (tertiary/aromatic N) is 4. The number of aromatic nitrogens is 1. The van der Waals surface area contributed by atoms with Crippen molar-refractivity contribution in [3.05, 3.63) is 58.8 Å². The Kier molecular flexibility index (Phi) is 4.84. The van der Waals surface area contributed by atoms with Gasteiger partial charge in [-0.1, -0.05) is 18.2 Å². The highest BCUT2D eigenvalue weighted by molar-refractivity contribution is 5.68. The first kappa shape index (κ1) is 14.9. The average Bonchev–Trinajstić information content (AvgIpc) is 2.48. The molecule has 0 aliphatic carbocycles. The van der Waals surface area contributed by atoms with Crippen LogP contribution in [0.3, 0.4) is 0 Å². The Hall–Kier alpha value is -2.47. The molecule has 1 aromatic heterocycles. The summed E-state index contributed by atoms with van der Waals surface area (Å²) in [7, 11) is 3.94. The zero-order valence-electron chi connectivity index (χ0n) is 12.1. The van der Waals surface area contributed by atoms with Gasteiger partial charge < -0.3 is 9.80 Å². The number of likely N-dealkylation sites (N-methyl/N-ethyl adjacent to an activating group) is 1. The van der Waals surface area contributed by atoms with Crippen LogP contribution in [0.4, 0.5) is 17.2 Å². The molecule has 0 atom stereocenters. The normalized spacial score (nSPS) is 10.6. The molecule has 0 radical (unpaired) electrons. The van der Waals surface area contributed by atoms with E-state index < -0.39 is 4.92 Å². The van der Waals surface area contributed by atoms with E-state index in [-0.39, 0.29) is 5.69 Å². The van der Waals surface area contributed by atoms with Crippen LogP contribution in [0.1, 0.15) is 0 Å². The molecule has 2 rings (SSSR count). The lowest BCUT2D eigenvalue weighted by atomic mass is 10.2. The van der Waals surface area contributed by atoms with Crippen molar-refractivity contribution >= 4 is 17.2 Å². The van der Waals surface area contributed by atoms with E-state index in [4.69, 9.17) is 0 Å². The fourth-order valence-electron chi connectivity index (χ4n) is 2.00. The fourth-order valence-corrected chi connectivity index (χ4v) is 2.00. The molecule has 0 saturated heterocycles. The zero-order valence-corrected chi connectivity index (χ0v) is 12.1. The van der Waals surface area contributed by atoms with Crippen molar-refractivity contribution in [2.24, 2.45) is 0 Å². The smallest absolute Gasteiger partial charge is 0.311 e. The third-order valence-corrected chi connectivity index (χ3v) is 3.06. The molecule has 0 aliphatic rings. The Balaban J connectivity index is 2.42. The van der Waals surface area contributed by atoms with Gasteiger partial charge in [0.25, 0.3) is 0 Å². The minimum atomic E-state index is -0.395. The maximum absolute atomic E-state index is 11.2. The van der Waals surface area contributed by atoms with Gasteiger partial charge in [0, 0.05) is 31.0 Å². The van der Waals surface area contributed by atoms with E-state index in [1.165, 1.54) is 6.07 Å². The number of pyridine rings is 1. The molecule has 6 heteroatoms. The number of benzene rings is 1. The molecular formula is C15H18N4O2. The lowest BCUT2D eigenvalue weighted by Gasteiger charge is -2.25. The molecule has 6 nitrogen and oxygen atoms in total. The number of para-hydroxylation sites is 1. The summed E-state index contributed by atoms with van der Waals surface area (Å²) in [5.41, 5.74) is 0.904. The molecule has 0 amide bonds. The van der Waals surface area contributed by atoms with Gasteiger partial charge in [0.15, 0.2) is 0 Å². The van der Waals surface area contributed by atoms with E-state index in [2.05, 4.69) is 4.98 Å². The predicted molar refractivity (Wildman–Crippen MR) is 82.9 cm³/mol. The third-order valence-electron chi connectivity index (χ3n) is 3.06. The zero-order chi connectivity index (χ0) is 15.2. The lowest BCUT2D eigenvalue weighted by Crippen LogP contribution is -2.29. The summed E-state index contributed by atoms with van der Waals surface area (Å²) >= 11 is 0. The molecule has 0 aliphatic heterocycles. The second kappa shape index (κ2) is 6.81. The summed E-state index contributed by atoms with van der Waals surface area (Å²) in [6.07, 6.45) is 1.58. The monoisotopic (exact) mass is 286 g/mol. The van der Waals surface area contributed by atoms with Crippen LogP contribution in [0.25, 0.3) is 0 Å². The summed E-state index contributed by atoms with van der Waals surface area (Å²) in [5, 5.41) is 11.2. The Bertz CT molecular complexity index is 602. The highest BCUT2D eigenvalue weighted by Gasteiger charge is 2.21. The highest BCUT2D eigenvalue weighted by Crippen LogP contribution is 2.30. The van der Waals surface area contributed by atoms with Gasteiger partial charge in [0.05, 0.1) is 4.92 Å². The minimum absolute atomic E-state index is 0.0140. The lowest BCUT2D eigenvalue weighted by molar-refractivity contribution is -0.384. The van der Waals surface area contributed by atoms with Crippen molar-refractivity contribution in [3.63, 3.8) is 0 Å². The van der Waals surface area contributed by atoms with Crippen molar-refractivity contribution in [1.82, 2.24) is 9.88 Å². The molecule has 0 bridgehead atoms. The number of nitro groups is 1. The van der Waals surface area contributed by atoms with Crippen LogP contribution < -0.4 is 4.90 Å². The molecular weight excluding hydrogens is 268 g/mol. The minimum Gasteiger partial charge on any atom is -0.319 e. The molecule has 2 aromatic rings. The van der Waals surface area contributed by atoms with Crippen LogP contribution in [0.5, 0.6) is 0 Å². The second-order valence-corrected chi connectivity index (χ2v) is 4.89. The summed E-state index contributed by atoms with van der Waals surface area (Å²) in [5.74, 6) is 0.371. The van der Waals surface area contributed by atoms with Gasteiger partial charge in [-0.3, -0.25) is 10.1 Å². The summed E-state index contributed by atoms with van der Waals surface area (Å²) < 4.78 is 0. The van der Waals surface area contributed by atoms with Crippen molar-refractivity contribution in [1.29, 1.82) is 0 Å². The molecule has 110 valence electrons. The molecule has 0 spiro atoms. The van der Waals surface area contributed by atoms with Crippen molar-refractivity contribution in [2.75, 3.05) is 32.1 Å².